The Morgan fingerprint density at radius 3 is 2.43 bits per heavy atom. The maximum atomic E-state index is 6.69. The maximum absolute atomic E-state index is 6.69. The number of allylic oxidation sites excluding steroid dienone is 8. The third-order valence-electron chi connectivity index (χ3n) is 11.2. The Morgan fingerprint density at radius 1 is 0.776 bits per heavy atom. The van der Waals surface area contributed by atoms with Crippen LogP contribution in [0.2, 0.25) is 0 Å². The van der Waals surface area contributed by atoms with E-state index in [-0.39, 0.29) is 0 Å². The van der Waals surface area contributed by atoms with Crippen LogP contribution in [0.3, 0.4) is 0 Å². The molecule has 2 N–H and O–H groups in total. The Labute approximate surface area is 340 Å². The number of pyridine rings is 2. The van der Waals surface area contributed by atoms with E-state index >= 15 is 0 Å². The van der Waals surface area contributed by atoms with Crippen LogP contribution in [-0.4, -0.2) is 14.5 Å². The first-order valence-electron chi connectivity index (χ1n) is 20.3. The zero-order valence-electron chi connectivity index (χ0n) is 33.1. The smallest absolute Gasteiger partial charge is 0.0866 e. The van der Waals surface area contributed by atoms with E-state index in [1.807, 2.05) is 42.7 Å². The van der Waals surface area contributed by atoms with Gasteiger partial charge in [-0.25, -0.2) is 4.98 Å². The summed E-state index contributed by atoms with van der Waals surface area (Å²) in [5.41, 5.74) is 22.6. The number of aromatic nitrogens is 3. The summed E-state index contributed by atoms with van der Waals surface area (Å²) in [7, 11) is 0. The highest BCUT2D eigenvalue weighted by Crippen LogP contribution is 2.43. The maximum Gasteiger partial charge on any atom is 0.0866 e. The van der Waals surface area contributed by atoms with Gasteiger partial charge in [0.15, 0.2) is 0 Å². The number of hydrogen-bond donors (Lipinski definition) is 1. The molecule has 3 aromatic heterocycles. The molecule has 1 aliphatic rings. The highest BCUT2D eigenvalue weighted by Gasteiger charge is 2.22. The number of fused-ring (bicyclic) bond motifs is 5. The van der Waals surface area contributed by atoms with E-state index < -0.39 is 0 Å². The molecule has 1 aliphatic carbocycles. The van der Waals surface area contributed by atoms with Crippen molar-refractivity contribution in [1.29, 1.82) is 0 Å². The zero-order chi connectivity index (χ0) is 39.4. The molecule has 0 bridgehead atoms. The third-order valence-corrected chi connectivity index (χ3v) is 11.2. The summed E-state index contributed by atoms with van der Waals surface area (Å²) in [5, 5.41) is 4.84. The van der Waals surface area contributed by atoms with Crippen molar-refractivity contribution in [2.24, 2.45) is 5.73 Å². The summed E-state index contributed by atoms with van der Waals surface area (Å²) >= 11 is 0. The molecule has 5 aromatic carbocycles. The number of para-hydroxylation sites is 1. The Hall–Kier alpha value is -7.04. The van der Waals surface area contributed by atoms with Crippen LogP contribution in [0, 0.1) is 0 Å². The molecule has 282 valence electrons. The highest BCUT2D eigenvalue weighted by molar-refractivity contribution is 6.10. The summed E-state index contributed by atoms with van der Waals surface area (Å²) in [6.07, 6.45) is 25.4. The van der Waals surface area contributed by atoms with E-state index in [1.165, 1.54) is 49.7 Å². The van der Waals surface area contributed by atoms with E-state index in [4.69, 9.17) is 10.7 Å². The minimum absolute atomic E-state index is 0.621. The fourth-order valence-electron chi connectivity index (χ4n) is 8.52. The molecule has 0 saturated heterocycles. The fraction of sp³-hybridized carbons (Fsp3) is 0.111. The van der Waals surface area contributed by atoms with Gasteiger partial charge in [-0.05, 0) is 131 Å². The molecule has 0 radical (unpaired) electrons. The molecular formula is C54H46N4. The molecule has 0 saturated carbocycles. The lowest BCUT2D eigenvalue weighted by atomic mass is 9.79. The van der Waals surface area contributed by atoms with Gasteiger partial charge in [0.05, 0.1) is 28.1 Å². The van der Waals surface area contributed by atoms with E-state index in [2.05, 4.69) is 163 Å². The largest absolute Gasteiger partial charge is 0.397 e. The first-order valence-corrected chi connectivity index (χ1v) is 20.3. The second kappa shape index (κ2) is 16.2. The lowest BCUT2D eigenvalue weighted by molar-refractivity contribution is 0.989. The average molecular weight is 751 g/mol. The molecule has 4 heteroatoms. The van der Waals surface area contributed by atoms with Gasteiger partial charge in [-0.15, -0.1) is 0 Å². The van der Waals surface area contributed by atoms with Gasteiger partial charge in [0.25, 0.3) is 0 Å². The SMILES string of the molecule is C/C=C(\C=C/CC)c1c2c(c(-c3ccccc3)c3ccc(C/C=C\C=C(/N)c4cccc(-c5ccc6c(c5)c5cnccc5n6-c5ccccc5)n4)cc13)CCC=C2. The predicted molar refractivity (Wildman–Crippen MR) is 247 cm³/mol. The molecule has 4 nitrogen and oxygen atoms in total. The van der Waals surface area contributed by atoms with Crippen molar-refractivity contribution >= 4 is 49.9 Å². The molecule has 58 heavy (non-hydrogen) atoms. The molecule has 0 aliphatic heterocycles. The van der Waals surface area contributed by atoms with Crippen LogP contribution in [0.1, 0.15) is 54.6 Å². The number of hydrogen-bond acceptors (Lipinski definition) is 3. The average Bonchev–Trinajstić information content (AvgIpc) is 3.62. The second-order valence-electron chi connectivity index (χ2n) is 14.8. The van der Waals surface area contributed by atoms with E-state index in [0.29, 0.717) is 5.70 Å². The van der Waals surface area contributed by atoms with Crippen LogP contribution in [-0.2, 0) is 12.8 Å². The van der Waals surface area contributed by atoms with Gasteiger partial charge in [-0.3, -0.25) is 4.98 Å². The topological polar surface area (TPSA) is 56.7 Å². The molecular weight excluding hydrogens is 705 g/mol. The van der Waals surface area contributed by atoms with E-state index in [1.54, 1.807) is 0 Å². The van der Waals surface area contributed by atoms with Gasteiger partial charge in [0.2, 0.25) is 0 Å². The first-order chi connectivity index (χ1) is 28.6. The van der Waals surface area contributed by atoms with Gasteiger partial charge >= 0.3 is 0 Å². The normalized spacial score (nSPS) is 13.4. The van der Waals surface area contributed by atoms with Crippen molar-refractivity contribution < 1.29 is 0 Å². The molecule has 0 amide bonds. The van der Waals surface area contributed by atoms with Crippen LogP contribution in [0.25, 0.3) is 78.0 Å². The van der Waals surface area contributed by atoms with Crippen LogP contribution in [0.5, 0.6) is 0 Å². The van der Waals surface area contributed by atoms with Gasteiger partial charge < -0.3 is 10.3 Å². The second-order valence-corrected chi connectivity index (χ2v) is 14.8. The number of nitrogens with two attached hydrogens (primary N) is 1. The number of rotatable bonds is 10. The minimum Gasteiger partial charge on any atom is -0.397 e. The molecule has 8 aromatic rings. The van der Waals surface area contributed by atoms with Gasteiger partial charge in [-0.1, -0.05) is 128 Å². The molecule has 3 heterocycles. The van der Waals surface area contributed by atoms with Crippen molar-refractivity contribution in [2.45, 2.75) is 39.5 Å². The summed E-state index contributed by atoms with van der Waals surface area (Å²) < 4.78 is 2.29. The summed E-state index contributed by atoms with van der Waals surface area (Å²) in [5.74, 6) is 0. The highest BCUT2D eigenvalue weighted by atomic mass is 15.0. The zero-order valence-corrected chi connectivity index (χ0v) is 33.1. The molecule has 9 rings (SSSR count). The molecule has 0 atom stereocenters. The first kappa shape index (κ1) is 36.6. The monoisotopic (exact) mass is 750 g/mol. The van der Waals surface area contributed by atoms with Gasteiger partial charge in [0, 0.05) is 34.4 Å². The summed E-state index contributed by atoms with van der Waals surface area (Å²) in [4.78, 5) is 9.49. The molecule has 0 unspecified atom stereocenters. The number of nitrogens with zero attached hydrogens (tertiary/aromatic N) is 3. The summed E-state index contributed by atoms with van der Waals surface area (Å²) in [6.45, 7) is 4.35. The van der Waals surface area contributed by atoms with Gasteiger partial charge in [-0.2, -0.15) is 0 Å². The Morgan fingerprint density at radius 2 is 1.60 bits per heavy atom. The standard InChI is InChI=1S/C54H46N4/c1-3-5-18-38(4-2)53-42-23-13-14-24-43(42)54(39-19-8-6-9-20-39)44-30-28-37(34-46(44)53)17-12-15-25-48(55)50-27-16-26-49(57-50)40-29-31-51-45(35-40)47-36-56-33-32-52(47)58(51)41-21-10-7-11-22-41/h4-13,15-16,18-23,25-36H,3,14,17,24,55H2,1-2H3/b15-12-,18-5-,38-4+,48-25-. The minimum atomic E-state index is 0.621. The fourth-order valence-corrected chi connectivity index (χ4v) is 8.52. The van der Waals surface area contributed by atoms with E-state index in [0.717, 1.165) is 70.1 Å². The van der Waals surface area contributed by atoms with Crippen molar-refractivity contribution in [3.8, 4) is 28.1 Å². The van der Waals surface area contributed by atoms with Crippen molar-refractivity contribution in [2.75, 3.05) is 0 Å². The van der Waals surface area contributed by atoms with Crippen LogP contribution in [0.15, 0.2) is 176 Å². The van der Waals surface area contributed by atoms with Crippen LogP contribution < -0.4 is 5.73 Å². The Kier molecular flexibility index (Phi) is 10.2. The van der Waals surface area contributed by atoms with Gasteiger partial charge in [0.1, 0.15) is 0 Å². The lowest BCUT2D eigenvalue weighted by Gasteiger charge is -2.24. The Bertz CT molecular complexity index is 2960. The summed E-state index contributed by atoms with van der Waals surface area (Å²) in [6, 6.07) is 43.0. The van der Waals surface area contributed by atoms with Crippen LogP contribution >= 0.6 is 0 Å². The van der Waals surface area contributed by atoms with Crippen LogP contribution in [0.4, 0.5) is 0 Å². The molecule has 0 spiro atoms. The third kappa shape index (κ3) is 6.88. The Balaban J connectivity index is 1.02. The van der Waals surface area contributed by atoms with Crippen molar-refractivity contribution in [1.82, 2.24) is 14.5 Å². The predicted octanol–water partition coefficient (Wildman–Crippen LogP) is 13.5. The quantitative estimate of drug-likeness (QED) is 0.142. The van der Waals surface area contributed by atoms with Crippen molar-refractivity contribution in [3.05, 3.63) is 204 Å². The van der Waals surface area contributed by atoms with Crippen molar-refractivity contribution in [3.63, 3.8) is 0 Å². The molecule has 0 fully saturated rings. The van der Waals surface area contributed by atoms with E-state index in [9.17, 15) is 0 Å². The lowest BCUT2D eigenvalue weighted by Crippen LogP contribution is -2.04. The number of benzene rings is 5.